The molecule has 0 fully saturated rings. The molecule has 114 valence electrons. The first-order valence-corrected chi connectivity index (χ1v) is 9.12. The molecule has 3 nitrogen and oxygen atoms in total. The van der Waals surface area contributed by atoms with E-state index in [1.807, 2.05) is 42.5 Å². The third-order valence-electron chi connectivity index (χ3n) is 4.02. The van der Waals surface area contributed by atoms with Crippen molar-refractivity contribution in [3.05, 3.63) is 71.5 Å². The Balaban J connectivity index is 2.00. The fourth-order valence-electron chi connectivity index (χ4n) is 2.63. The van der Waals surface area contributed by atoms with Gasteiger partial charge in [0.15, 0.2) is 4.96 Å². The van der Waals surface area contributed by atoms with Gasteiger partial charge in [0.05, 0.1) is 15.6 Å². The predicted molar refractivity (Wildman–Crippen MR) is 104 cm³/mol. The molecule has 0 amide bonds. The number of aromatic nitrogens is 2. The topological polar surface area (TPSA) is 34.4 Å². The number of hydrogen-bond donors (Lipinski definition) is 0. The first-order chi connectivity index (χ1) is 11.0. The Morgan fingerprint density at radius 3 is 2.57 bits per heavy atom. The number of hydrogen-bond acceptors (Lipinski definition) is 3. The lowest BCUT2D eigenvalue weighted by Gasteiger charge is -1.98. The lowest BCUT2D eigenvalue weighted by molar-refractivity contribution is 1.18. The average Bonchev–Trinajstić information content (AvgIpc) is 3.00. The summed E-state index contributed by atoms with van der Waals surface area (Å²) in [6.07, 6.45) is 1.94. The van der Waals surface area contributed by atoms with Crippen LogP contribution < -0.4 is 10.1 Å². The minimum Gasteiger partial charge on any atom is -0.267 e. The van der Waals surface area contributed by atoms with Gasteiger partial charge in [0, 0.05) is 3.57 Å². The highest BCUT2D eigenvalue weighted by molar-refractivity contribution is 14.1. The van der Waals surface area contributed by atoms with Crippen molar-refractivity contribution in [3.63, 3.8) is 0 Å². The Bertz CT molecular complexity index is 1160. The highest BCUT2D eigenvalue weighted by Crippen LogP contribution is 2.20. The normalized spacial score (nSPS) is 12.6. The molecule has 0 aliphatic carbocycles. The minimum absolute atomic E-state index is 0.00861. The third kappa shape index (κ3) is 2.48. The Labute approximate surface area is 150 Å². The van der Waals surface area contributed by atoms with Crippen molar-refractivity contribution in [3.8, 4) is 0 Å². The van der Waals surface area contributed by atoms with Crippen molar-refractivity contribution in [2.75, 3.05) is 0 Å². The molecule has 2 aromatic heterocycles. The summed E-state index contributed by atoms with van der Waals surface area (Å²) in [4.78, 5) is 18.1. The number of aryl methyl sites for hydroxylation is 2. The second-order valence-electron chi connectivity index (χ2n) is 5.62. The number of halogens is 1. The monoisotopic (exact) mass is 432 g/mol. The van der Waals surface area contributed by atoms with E-state index in [2.05, 4.69) is 41.4 Å². The van der Waals surface area contributed by atoms with Crippen LogP contribution in [0.5, 0.6) is 0 Å². The van der Waals surface area contributed by atoms with Crippen LogP contribution >= 0.6 is 33.9 Å². The summed E-state index contributed by atoms with van der Waals surface area (Å²) in [5, 5.41) is 0. The zero-order chi connectivity index (χ0) is 16.1. The van der Waals surface area contributed by atoms with Crippen LogP contribution in [-0.4, -0.2) is 9.38 Å². The lowest BCUT2D eigenvalue weighted by atomic mass is 10.1. The van der Waals surface area contributed by atoms with Gasteiger partial charge in [-0.15, -0.1) is 0 Å². The van der Waals surface area contributed by atoms with Crippen molar-refractivity contribution < 1.29 is 0 Å². The lowest BCUT2D eigenvalue weighted by Crippen LogP contribution is -2.22. The zero-order valence-corrected chi connectivity index (χ0v) is 15.6. The molecule has 2 heterocycles. The van der Waals surface area contributed by atoms with Gasteiger partial charge < -0.3 is 0 Å². The van der Waals surface area contributed by atoms with E-state index in [0.717, 1.165) is 21.6 Å². The molecule has 0 N–H and O–H groups in total. The van der Waals surface area contributed by atoms with Crippen molar-refractivity contribution >= 4 is 56.0 Å². The highest BCUT2D eigenvalue weighted by Gasteiger charge is 2.12. The molecule has 23 heavy (non-hydrogen) atoms. The Kier molecular flexibility index (Phi) is 3.50. The number of imidazole rings is 1. The van der Waals surface area contributed by atoms with E-state index in [9.17, 15) is 4.79 Å². The molecule has 0 spiro atoms. The Hall–Kier alpha value is -1.73. The number of fused-ring (bicyclic) bond motifs is 3. The number of benzene rings is 2. The maximum absolute atomic E-state index is 12.8. The van der Waals surface area contributed by atoms with Gasteiger partial charge in [-0.05, 0) is 83.5 Å². The van der Waals surface area contributed by atoms with E-state index >= 15 is 0 Å². The number of nitrogens with zero attached hydrogens (tertiary/aromatic N) is 2. The van der Waals surface area contributed by atoms with Crippen LogP contribution in [-0.2, 0) is 0 Å². The molecule has 4 aromatic rings. The summed E-state index contributed by atoms with van der Waals surface area (Å²) >= 11 is 3.71. The summed E-state index contributed by atoms with van der Waals surface area (Å²) in [5.74, 6) is 0. The maximum atomic E-state index is 12.8. The van der Waals surface area contributed by atoms with Crippen molar-refractivity contribution in [2.45, 2.75) is 13.8 Å². The second kappa shape index (κ2) is 5.42. The molecule has 0 bridgehead atoms. The average molecular weight is 432 g/mol. The molecule has 2 aromatic carbocycles. The van der Waals surface area contributed by atoms with Gasteiger partial charge in [-0.1, -0.05) is 23.5 Å². The molecule has 0 atom stereocenters. The van der Waals surface area contributed by atoms with Gasteiger partial charge in [-0.2, -0.15) is 0 Å². The van der Waals surface area contributed by atoms with Crippen molar-refractivity contribution in [1.29, 1.82) is 0 Å². The third-order valence-corrected chi connectivity index (χ3v) is 5.71. The van der Waals surface area contributed by atoms with Gasteiger partial charge in [0.25, 0.3) is 5.56 Å². The Morgan fingerprint density at radius 2 is 1.83 bits per heavy atom. The largest absolute Gasteiger partial charge is 0.274 e. The summed E-state index contributed by atoms with van der Waals surface area (Å²) in [6, 6.07) is 12.2. The van der Waals surface area contributed by atoms with Crippen molar-refractivity contribution in [1.82, 2.24) is 9.38 Å². The molecule has 0 unspecified atom stereocenters. The molecular weight excluding hydrogens is 419 g/mol. The zero-order valence-electron chi connectivity index (χ0n) is 12.6. The second-order valence-corrected chi connectivity index (χ2v) is 7.88. The number of rotatable bonds is 1. The van der Waals surface area contributed by atoms with Crippen LogP contribution in [0.1, 0.15) is 16.7 Å². The molecule has 0 aliphatic rings. The minimum atomic E-state index is 0.00861. The molecule has 5 heteroatoms. The van der Waals surface area contributed by atoms with Crippen LogP contribution in [0.4, 0.5) is 0 Å². The highest BCUT2D eigenvalue weighted by atomic mass is 127. The van der Waals surface area contributed by atoms with E-state index in [1.165, 1.54) is 26.0 Å². The maximum Gasteiger partial charge on any atom is 0.274 e. The van der Waals surface area contributed by atoms with E-state index in [4.69, 9.17) is 0 Å². The van der Waals surface area contributed by atoms with Crippen LogP contribution in [0, 0.1) is 17.4 Å². The van der Waals surface area contributed by atoms with Gasteiger partial charge in [-0.3, -0.25) is 4.79 Å². The van der Waals surface area contributed by atoms with E-state index in [1.54, 1.807) is 4.40 Å². The van der Waals surface area contributed by atoms with Crippen LogP contribution in [0.3, 0.4) is 0 Å². The van der Waals surface area contributed by atoms with E-state index in [-0.39, 0.29) is 5.56 Å². The fraction of sp³-hybridized carbons (Fsp3) is 0.111. The molecule has 0 saturated heterocycles. The van der Waals surface area contributed by atoms with Gasteiger partial charge in [0.2, 0.25) is 0 Å². The molecular formula is C18H13IN2OS. The summed E-state index contributed by atoms with van der Waals surface area (Å²) in [5.41, 5.74) is 5.19. The molecule has 0 aliphatic heterocycles. The fourth-order valence-corrected chi connectivity index (χ4v) is 3.98. The van der Waals surface area contributed by atoms with Gasteiger partial charge in [-0.25, -0.2) is 9.38 Å². The summed E-state index contributed by atoms with van der Waals surface area (Å²) < 4.78 is 3.62. The standard InChI is InChI=1S/C18H13IN2OS/c1-10-7-14-15(8-11(10)2)21-17(22)16(23-18(21)20-14)9-12-3-5-13(19)6-4-12/h3-9H,1-2H3/b16-9-. The SMILES string of the molecule is Cc1cc2nc3s/c(=C\c4ccc(I)cc4)c(=O)n3c2cc1C. The summed E-state index contributed by atoms with van der Waals surface area (Å²) in [7, 11) is 0. The van der Waals surface area contributed by atoms with E-state index in [0.29, 0.717) is 4.53 Å². The quantitative estimate of drug-likeness (QED) is 0.430. The molecule has 4 rings (SSSR count). The van der Waals surface area contributed by atoms with Crippen LogP contribution in [0.15, 0.2) is 41.2 Å². The van der Waals surface area contributed by atoms with Crippen LogP contribution in [0.25, 0.3) is 22.1 Å². The smallest absolute Gasteiger partial charge is 0.267 e. The Morgan fingerprint density at radius 1 is 1.13 bits per heavy atom. The predicted octanol–water partition coefficient (Wildman–Crippen LogP) is 3.68. The molecule has 0 saturated carbocycles. The van der Waals surface area contributed by atoms with Crippen LogP contribution in [0.2, 0.25) is 0 Å². The van der Waals surface area contributed by atoms with Crippen molar-refractivity contribution in [2.24, 2.45) is 0 Å². The first kappa shape index (κ1) is 14.8. The van der Waals surface area contributed by atoms with E-state index < -0.39 is 0 Å². The molecule has 0 radical (unpaired) electrons. The first-order valence-electron chi connectivity index (χ1n) is 7.22. The van der Waals surface area contributed by atoms with Gasteiger partial charge in [0.1, 0.15) is 0 Å². The number of thiazole rings is 1. The summed E-state index contributed by atoms with van der Waals surface area (Å²) in [6.45, 7) is 4.12. The van der Waals surface area contributed by atoms with Gasteiger partial charge >= 0.3 is 0 Å².